The van der Waals surface area contributed by atoms with E-state index >= 15 is 0 Å². The minimum absolute atomic E-state index is 0.196. The first-order chi connectivity index (χ1) is 14.1. The SMILES string of the molecule is COc1cc2nnc(-c3cc(C)on3)n2nc1OCc1ccc2c(ncn2C)n1. The Morgan fingerprint density at radius 2 is 2.07 bits per heavy atom. The normalized spacial score (nSPS) is 11.4. The van der Waals surface area contributed by atoms with Crippen LogP contribution in [-0.2, 0) is 13.7 Å². The fourth-order valence-electron chi connectivity index (χ4n) is 2.95. The zero-order valence-electron chi connectivity index (χ0n) is 15.9. The first-order valence-electron chi connectivity index (χ1n) is 8.76. The van der Waals surface area contributed by atoms with E-state index in [2.05, 4.69) is 30.4 Å². The summed E-state index contributed by atoms with van der Waals surface area (Å²) in [6, 6.07) is 7.29. The van der Waals surface area contributed by atoms with Crippen molar-refractivity contribution in [2.24, 2.45) is 7.05 Å². The maximum Gasteiger partial charge on any atom is 0.275 e. The Bertz CT molecular complexity index is 1340. The first-order valence-corrected chi connectivity index (χ1v) is 8.76. The van der Waals surface area contributed by atoms with Gasteiger partial charge in [0.25, 0.3) is 5.88 Å². The molecule has 0 aliphatic heterocycles. The number of fused-ring (bicyclic) bond motifs is 2. The number of methoxy groups -OCH3 is 1. The molecule has 11 heteroatoms. The van der Waals surface area contributed by atoms with Gasteiger partial charge in [-0.25, -0.2) is 9.97 Å². The van der Waals surface area contributed by atoms with Crippen LogP contribution in [0.1, 0.15) is 11.5 Å². The maximum absolute atomic E-state index is 5.89. The van der Waals surface area contributed by atoms with Gasteiger partial charge in [0.2, 0.25) is 5.82 Å². The Morgan fingerprint density at radius 1 is 1.17 bits per heavy atom. The molecular formula is C18H16N8O3. The first kappa shape index (κ1) is 17.1. The molecule has 146 valence electrons. The summed E-state index contributed by atoms with van der Waals surface area (Å²) in [7, 11) is 3.46. The third-order valence-corrected chi connectivity index (χ3v) is 4.41. The molecule has 0 aliphatic carbocycles. The van der Waals surface area contributed by atoms with Gasteiger partial charge in [-0.3, -0.25) is 0 Å². The van der Waals surface area contributed by atoms with E-state index in [4.69, 9.17) is 14.0 Å². The fraction of sp³-hybridized carbons (Fsp3) is 0.222. The summed E-state index contributed by atoms with van der Waals surface area (Å²) in [4.78, 5) is 8.78. The number of ether oxygens (including phenoxy) is 2. The lowest BCUT2D eigenvalue weighted by Crippen LogP contribution is -2.05. The number of pyridine rings is 1. The van der Waals surface area contributed by atoms with Gasteiger partial charge in [0.05, 0.1) is 24.6 Å². The zero-order valence-corrected chi connectivity index (χ0v) is 15.9. The third kappa shape index (κ3) is 2.92. The number of aromatic nitrogens is 8. The summed E-state index contributed by atoms with van der Waals surface area (Å²) in [6.45, 7) is 2.00. The summed E-state index contributed by atoms with van der Waals surface area (Å²) in [6.07, 6.45) is 1.72. The molecule has 5 heterocycles. The van der Waals surface area contributed by atoms with Gasteiger partial charge in [-0.1, -0.05) is 5.16 Å². The Kier molecular flexibility index (Phi) is 3.86. The second-order valence-electron chi connectivity index (χ2n) is 6.42. The largest absolute Gasteiger partial charge is 0.491 e. The highest BCUT2D eigenvalue weighted by Crippen LogP contribution is 2.28. The monoisotopic (exact) mass is 392 g/mol. The lowest BCUT2D eigenvalue weighted by molar-refractivity contribution is 0.264. The molecule has 0 aliphatic rings. The highest BCUT2D eigenvalue weighted by atomic mass is 16.5. The Labute approximate surface area is 163 Å². The Morgan fingerprint density at radius 3 is 2.86 bits per heavy atom. The number of nitrogens with zero attached hydrogens (tertiary/aromatic N) is 8. The van der Waals surface area contributed by atoms with Crippen LogP contribution in [-0.4, -0.2) is 46.6 Å². The van der Waals surface area contributed by atoms with Crippen molar-refractivity contribution in [3.05, 3.63) is 42.0 Å². The molecule has 0 atom stereocenters. The van der Waals surface area contributed by atoms with Crippen LogP contribution in [0.25, 0.3) is 28.3 Å². The molecule has 0 bridgehead atoms. The highest BCUT2D eigenvalue weighted by Gasteiger charge is 2.18. The van der Waals surface area contributed by atoms with Crippen LogP contribution in [0.4, 0.5) is 0 Å². The fourth-order valence-corrected chi connectivity index (χ4v) is 2.95. The summed E-state index contributed by atoms with van der Waals surface area (Å²) in [5, 5.41) is 16.7. The van der Waals surface area contributed by atoms with Gasteiger partial charge in [-0.15, -0.1) is 15.3 Å². The standard InChI is InChI=1S/C18H16N8O3/c1-10-6-12(24-29-10)17-22-21-15-7-14(27-3)18(23-26(15)17)28-8-11-4-5-13-16(20-11)19-9-25(13)2/h4-7,9H,8H2,1-3H3. The second-order valence-corrected chi connectivity index (χ2v) is 6.42. The molecular weight excluding hydrogens is 376 g/mol. The van der Waals surface area contributed by atoms with E-state index in [1.807, 2.05) is 23.7 Å². The van der Waals surface area contributed by atoms with Crippen LogP contribution in [0.5, 0.6) is 11.6 Å². The molecule has 5 aromatic rings. The molecule has 0 radical (unpaired) electrons. The van der Waals surface area contributed by atoms with Gasteiger partial charge in [-0.05, 0) is 19.1 Å². The van der Waals surface area contributed by atoms with E-state index in [9.17, 15) is 0 Å². The Balaban J connectivity index is 1.49. The van der Waals surface area contributed by atoms with Crippen molar-refractivity contribution in [3.63, 3.8) is 0 Å². The molecule has 0 aromatic carbocycles. The minimum Gasteiger partial charge on any atom is -0.491 e. The van der Waals surface area contributed by atoms with Gasteiger partial charge in [0.1, 0.15) is 12.4 Å². The topological polar surface area (TPSA) is 118 Å². The van der Waals surface area contributed by atoms with Crippen LogP contribution in [0.2, 0.25) is 0 Å². The van der Waals surface area contributed by atoms with Crippen LogP contribution in [0, 0.1) is 6.92 Å². The lowest BCUT2D eigenvalue weighted by atomic mass is 10.3. The van der Waals surface area contributed by atoms with Crippen molar-refractivity contribution in [1.82, 2.24) is 39.5 Å². The van der Waals surface area contributed by atoms with Gasteiger partial charge in [-0.2, -0.15) is 4.52 Å². The van der Waals surface area contributed by atoms with Crippen LogP contribution in [0.3, 0.4) is 0 Å². The summed E-state index contributed by atoms with van der Waals surface area (Å²) < 4.78 is 19.8. The number of imidazole rings is 1. The zero-order chi connectivity index (χ0) is 20.0. The van der Waals surface area contributed by atoms with Crippen molar-refractivity contribution in [3.8, 4) is 23.1 Å². The van der Waals surface area contributed by atoms with Crippen molar-refractivity contribution in [2.45, 2.75) is 13.5 Å². The molecule has 0 unspecified atom stereocenters. The molecule has 5 aromatic heterocycles. The number of hydrogen-bond donors (Lipinski definition) is 0. The van der Waals surface area contributed by atoms with Crippen LogP contribution >= 0.6 is 0 Å². The van der Waals surface area contributed by atoms with E-state index in [1.165, 1.54) is 11.6 Å². The summed E-state index contributed by atoms with van der Waals surface area (Å²) >= 11 is 0. The maximum atomic E-state index is 5.89. The summed E-state index contributed by atoms with van der Waals surface area (Å²) in [5.74, 6) is 1.82. The molecule has 5 rings (SSSR count). The molecule has 0 fully saturated rings. The molecule has 0 saturated heterocycles. The average molecular weight is 392 g/mol. The smallest absolute Gasteiger partial charge is 0.275 e. The average Bonchev–Trinajstić information content (AvgIpc) is 3.44. The van der Waals surface area contributed by atoms with Crippen molar-refractivity contribution in [1.29, 1.82) is 0 Å². The second kappa shape index (κ2) is 6.55. The predicted molar refractivity (Wildman–Crippen MR) is 100 cm³/mol. The van der Waals surface area contributed by atoms with E-state index < -0.39 is 0 Å². The van der Waals surface area contributed by atoms with Crippen molar-refractivity contribution >= 4 is 16.8 Å². The molecule has 11 nitrogen and oxygen atoms in total. The quantitative estimate of drug-likeness (QED) is 0.442. The number of hydrogen-bond acceptors (Lipinski definition) is 9. The van der Waals surface area contributed by atoms with Gasteiger partial charge < -0.3 is 18.6 Å². The van der Waals surface area contributed by atoms with E-state index in [0.717, 1.165) is 11.2 Å². The van der Waals surface area contributed by atoms with Crippen LogP contribution in [0.15, 0.2) is 35.1 Å². The van der Waals surface area contributed by atoms with Crippen molar-refractivity contribution < 1.29 is 14.0 Å². The van der Waals surface area contributed by atoms with E-state index in [-0.39, 0.29) is 12.5 Å². The lowest BCUT2D eigenvalue weighted by Gasteiger charge is -2.09. The molecule has 0 amide bonds. The molecule has 29 heavy (non-hydrogen) atoms. The minimum atomic E-state index is 0.196. The van der Waals surface area contributed by atoms with Gasteiger partial charge in [0.15, 0.2) is 22.7 Å². The van der Waals surface area contributed by atoms with Crippen molar-refractivity contribution in [2.75, 3.05) is 7.11 Å². The summed E-state index contributed by atoms with van der Waals surface area (Å²) in [5.41, 5.74) is 3.35. The van der Waals surface area contributed by atoms with Gasteiger partial charge >= 0.3 is 0 Å². The van der Waals surface area contributed by atoms with Crippen LogP contribution < -0.4 is 9.47 Å². The molecule has 0 spiro atoms. The Hall–Kier alpha value is -4.02. The molecule has 0 saturated carbocycles. The van der Waals surface area contributed by atoms with E-state index in [0.29, 0.717) is 34.3 Å². The molecule has 0 N–H and O–H groups in total. The number of aryl methyl sites for hydroxylation is 2. The third-order valence-electron chi connectivity index (χ3n) is 4.41. The van der Waals surface area contributed by atoms with Gasteiger partial charge in [0, 0.05) is 19.2 Å². The van der Waals surface area contributed by atoms with E-state index in [1.54, 1.807) is 25.4 Å². The predicted octanol–water partition coefficient (Wildman–Crippen LogP) is 1.96. The number of rotatable bonds is 5. The highest BCUT2D eigenvalue weighted by molar-refractivity contribution is 5.70.